The summed E-state index contributed by atoms with van der Waals surface area (Å²) in [5.41, 5.74) is 3.77. The highest BCUT2D eigenvalue weighted by Gasteiger charge is 2.06. The first kappa shape index (κ1) is 16.7. The molecule has 0 saturated carbocycles. The standard InChI is InChI=1S/C21H26N2O/c1-17(2)13-22-14-19-9-6-10-21-20(19)11-12-23(21)16-24-15-18-7-4-3-5-8-18/h3-12,17,22H,13-16H2,1-2H3. The molecule has 3 heteroatoms. The molecule has 1 heterocycles. The third kappa shape index (κ3) is 4.25. The third-order valence-electron chi connectivity index (χ3n) is 4.11. The van der Waals surface area contributed by atoms with Crippen LogP contribution in [0.25, 0.3) is 10.9 Å². The molecule has 1 aromatic heterocycles. The number of nitrogens with one attached hydrogen (secondary N) is 1. The van der Waals surface area contributed by atoms with Crippen molar-refractivity contribution in [3.05, 3.63) is 71.9 Å². The summed E-state index contributed by atoms with van der Waals surface area (Å²) in [6.45, 7) is 7.61. The van der Waals surface area contributed by atoms with Crippen LogP contribution < -0.4 is 5.32 Å². The maximum absolute atomic E-state index is 5.87. The fourth-order valence-corrected chi connectivity index (χ4v) is 2.89. The highest BCUT2D eigenvalue weighted by Crippen LogP contribution is 2.20. The van der Waals surface area contributed by atoms with Crippen molar-refractivity contribution in [1.29, 1.82) is 0 Å². The molecule has 3 rings (SSSR count). The summed E-state index contributed by atoms with van der Waals surface area (Å²) in [7, 11) is 0. The van der Waals surface area contributed by atoms with Gasteiger partial charge in [0.2, 0.25) is 0 Å². The molecular formula is C21H26N2O. The van der Waals surface area contributed by atoms with Crippen LogP contribution in [0.5, 0.6) is 0 Å². The highest BCUT2D eigenvalue weighted by molar-refractivity contribution is 5.83. The summed E-state index contributed by atoms with van der Waals surface area (Å²) in [4.78, 5) is 0. The SMILES string of the molecule is CC(C)CNCc1cccc2c1ccn2COCc1ccccc1. The minimum Gasteiger partial charge on any atom is -0.356 e. The first-order valence-corrected chi connectivity index (χ1v) is 8.63. The summed E-state index contributed by atoms with van der Waals surface area (Å²) in [5.74, 6) is 0.667. The van der Waals surface area contributed by atoms with Gasteiger partial charge in [0.1, 0.15) is 6.73 Å². The van der Waals surface area contributed by atoms with Gasteiger partial charge in [-0.3, -0.25) is 0 Å². The summed E-state index contributed by atoms with van der Waals surface area (Å²) in [5, 5.41) is 4.83. The lowest BCUT2D eigenvalue weighted by atomic mass is 10.1. The van der Waals surface area contributed by atoms with Gasteiger partial charge in [0.15, 0.2) is 0 Å². The van der Waals surface area contributed by atoms with Crippen molar-refractivity contribution in [2.24, 2.45) is 5.92 Å². The van der Waals surface area contributed by atoms with Crippen molar-refractivity contribution in [2.45, 2.75) is 33.7 Å². The lowest BCUT2D eigenvalue weighted by molar-refractivity contribution is 0.0668. The molecule has 1 N–H and O–H groups in total. The number of nitrogens with zero attached hydrogens (tertiary/aromatic N) is 1. The normalized spacial score (nSPS) is 11.5. The zero-order chi connectivity index (χ0) is 16.8. The molecule has 0 radical (unpaired) electrons. The first-order chi connectivity index (χ1) is 11.7. The minimum absolute atomic E-state index is 0.571. The van der Waals surface area contributed by atoms with E-state index >= 15 is 0 Å². The van der Waals surface area contributed by atoms with Crippen LogP contribution in [-0.4, -0.2) is 11.1 Å². The van der Waals surface area contributed by atoms with Crippen LogP contribution in [0.4, 0.5) is 0 Å². The van der Waals surface area contributed by atoms with Crippen LogP contribution in [0.2, 0.25) is 0 Å². The fraction of sp³-hybridized carbons (Fsp3) is 0.333. The molecule has 24 heavy (non-hydrogen) atoms. The molecule has 2 aromatic carbocycles. The van der Waals surface area contributed by atoms with E-state index in [4.69, 9.17) is 4.74 Å². The zero-order valence-corrected chi connectivity index (χ0v) is 14.5. The number of rotatable bonds is 8. The monoisotopic (exact) mass is 322 g/mol. The Hall–Kier alpha value is -2.10. The van der Waals surface area contributed by atoms with Crippen LogP contribution in [-0.2, 0) is 24.6 Å². The van der Waals surface area contributed by atoms with Crippen molar-refractivity contribution in [1.82, 2.24) is 9.88 Å². The third-order valence-corrected chi connectivity index (χ3v) is 4.11. The fourth-order valence-electron chi connectivity index (χ4n) is 2.89. The van der Waals surface area contributed by atoms with E-state index in [1.807, 2.05) is 18.2 Å². The molecule has 0 aliphatic carbocycles. The molecule has 0 amide bonds. The Bertz CT molecular complexity index is 762. The maximum Gasteiger partial charge on any atom is 0.123 e. The Morgan fingerprint density at radius 3 is 2.62 bits per heavy atom. The van der Waals surface area contributed by atoms with Crippen molar-refractivity contribution < 1.29 is 4.74 Å². The predicted molar refractivity (Wildman–Crippen MR) is 99.7 cm³/mol. The number of ether oxygens (including phenoxy) is 1. The quantitative estimate of drug-likeness (QED) is 0.658. The number of hydrogen-bond donors (Lipinski definition) is 1. The van der Waals surface area contributed by atoms with Crippen molar-refractivity contribution in [3.8, 4) is 0 Å². The molecule has 0 saturated heterocycles. The van der Waals surface area contributed by atoms with E-state index in [-0.39, 0.29) is 0 Å². The summed E-state index contributed by atoms with van der Waals surface area (Å²) in [6.07, 6.45) is 2.11. The van der Waals surface area contributed by atoms with Crippen LogP contribution in [0.1, 0.15) is 25.0 Å². The van der Waals surface area contributed by atoms with Crippen LogP contribution in [0.15, 0.2) is 60.8 Å². The highest BCUT2D eigenvalue weighted by atomic mass is 16.5. The first-order valence-electron chi connectivity index (χ1n) is 8.63. The second-order valence-corrected chi connectivity index (χ2v) is 6.62. The van der Waals surface area contributed by atoms with Gasteiger partial charge in [-0.15, -0.1) is 0 Å². The number of aromatic nitrogens is 1. The molecule has 3 nitrogen and oxygen atoms in total. The number of hydrogen-bond acceptors (Lipinski definition) is 2. The topological polar surface area (TPSA) is 26.2 Å². The van der Waals surface area contributed by atoms with E-state index in [2.05, 4.69) is 66.3 Å². The van der Waals surface area contributed by atoms with Crippen molar-refractivity contribution in [3.63, 3.8) is 0 Å². The lowest BCUT2D eigenvalue weighted by Crippen LogP contribution is -2.19. The van der Waals surface area contributed by atoms with E-state index in [0.29, 0.717) is 19.3 Å². The van der Waals surface area contributed by atoms with Crippen LogP contribution >= 0.6 is 0 Å². The average Bonchev–Trinajstić information content (AvgIpc) is 3.00. The van der Waals surface area contributed by atoms with Crippen molar-refractivity contribution in [2.75, 3.05) is 6.54 Å². The van der Waals surface area contributed by atoms with E-state index in [9.17, 15) is 0 Å². The Morgan fingerprint density at radius 2 is 1.83 bits per heavy atom. The second-order valence-electron chi connectivity index (χ2n) is 6.62. The second kappa shape index (κ2) is 8.13. The average molecular weight is 322 g/mol. The maximum atomic E-state index is 5.87. The minimum atomic E-state index is 0.571. The van der Waals surface area contributed by atoms with Crippen molar-refractivity contribution >= 4 is 10.9 Å². The molecule has 0 aliphatic rings. The van der Waals surface area contributed by atoms with E-state index in [1.165, 1.54) is 22.0 Å². The van der Waals surface area contributed by atoms with Gasteiger partial charge in [0.25, 0.3) is 0 Å². The number of fused-ring (bicyclic) bond motifs is 1. The molecule has 0 atom stereocenters. The predicted octanol–water partition coefficient (Wildman–Crippen LogP) is 4.56. The zero-order valence-electron chi connectivity index (χ0n) is 14.5. The smallest absolute Gasteiger partial charge is 0.123 e. The van der Waals surface area contributed by atoms with Gasteiger partial charge >= 0.3 is 0 Å². The molecule has 0 unspecified atom stereocenters. The Kier molecular flexibility index (Phi) is 5.68. The molecule has 0 aliphatic heterocycles. The van der Waals surface area contributed by atoms with Crippen LogP contribution in [0, 0.1) is 5.92 Å². The summed E-state index contributed by atoms with van der Waals surface area (Å²) >= 11 is 0. The molecule has 3 aromatic rings. The Morgan fingerprint density at radius 1 is 1.00 bits per heavy atom. The molecular weight excluding hydrogens is 296 g/mol. The summed E-state index contributed by atoms with van der Waals surface area (Å²) in [6, 6.07) is 19.0. The Balaban J connectivity index is 1.64. The van der Waals surface area contributed by atoms with Gasteiger partial charge in [-0.2, -0.15) is 0 Å². The molecule has 0 bridgehead atoms. The number of benzene rings is 2. The van der Waals surface area contributed by atoms with E-state index in [1.54, 1.807) is 0 Å². The van der Waals surface area contributed by atoms with Gasteiger partial charge in [-0.1, -0.05) is 56.3 Å². The van der Waals surface area contributed by atoms with E-state index < -0.39 is 0 Å². The molecule has 126 valence electrons. The Labute approximate surface area is 144 Å². The summed E-state index contributed by atoms with van der Waals surface area (Å²) < 4.78 is 8.04. The van der Waals surface area contributed by atoms with E-state index in [0.717, 1.165) is 13.1 Å². The largest absolute Gasteiger partial charge is 0.356 e. The molecule has 0 fully saturated rings. The van der Waals surface area contributed by atoms with Crippen LogP contribution in [0.3, 0.4) is 0 Å². The van der Waals surface area contributed by atoms with Gasteiger partial charge in [0.05, 0.1) is 12.1 Å². The van der Waals surface area contributed by atoms with Gasteiger partial charge in [0, 0.05) is 18.1 Å². The van der Waals surface area contributed by atoms with Gasteiger partial charge in [-0.25, -0.2) is 0 Å². The lowest BCUT2D eigenvalue weighted by Gasteiger charge is -2.10. The molecule has 0 spiro atoms. The van der Waals surface area contributed by atoms with Gasteiger partial charge < -0.3 is 14.6 Å². The van der Waals surface area contributed by atoms with Gasteiger partial charge in [-0.05, 0) is 35.7 Å².